The van der Waals surface area contributed by atoms with Crippen molar-refractivity contribution in [1.29, 1.82) is 0 Å². The van der Waals surface area contributed by atoms with Crippen LogP contribution in [0.2, 0.25) is 0 Å². The Morgan fingerprint density at radius 2 is 2.36 bits per heavy atom. The molecular formula is C15H16F2N4O4. The lowest BCUT2D eigenvalue weighted by atomic mass is 9.94. The van der Waals surface area contributed by atoms with E-state index >= 15 is 4.39 Å². The summed E-state index contributed by atoms with van der Waals surface area (Å²) in [5, 5.41) is 20.1. The van der Waals surface area contributed by atoms with Crippen molar-refractivity contribution in [3.05, 3.63) is 22.6 Å². The van der Waals surface area contributed by atoms with Gasteiger partial charge in [0.25, 0.3) is 5.56 Å². The van der Waals surface area contributed by atoms with Crippen LogP contribution in [0, 0.1) is 11.8 Å². The van der Waals surface area contributed by atoms with Crippen LogP contribution in [0.4, 0.5) is 14.7 Å². The van der Waals surface area contributed by atoms with Gasteiger partial charge in [0.1, 0.15) is 18.9 Å². The molecule has 0 amide bonds. The van der Waals surface area contributed by atoms with Crippen molar-refractivity contribution < 1.29 is 23.7 Å². The summed E-state index contributed by atoms with van der Waals surface area (Å²) in [4.78, 5) is 18.2. The summed E-state index contributed by atoms with van der Waals surface area (Å²) in [6.45, 7) is 0.190. The van der Waals surface area contributed by atoms with E-state index in [0.29, 0.717) is 0 Å². The standard InChI is InChI=1S/C15H16F2N4O4/c1-7(22)9-10(23)15(17,4-2-5-16)13(25-9)21-6-3-8-11(21)19-14(18)20-12(8)24/h3,6-7,9-10,13,22-23H,5H2,1H3,(H3,18,19,20,24)/t7-,9+,10-,13+,15?/m0/s1. The van der Waals surface area contributed by atoms with Gasteiger partial charge in [-0.1, -0.05) is 11.8 Å². The predicted octanol–water partition coefficient (Wildman–Crippen LogP) is -0.373. The molecule has 134 valence electrons. The normalized spacial score (nSPS) is 30.2. The van der Waals surface area contributed by atoms with Crippen LogP contribution in [0.5, 0.6) is 0 Å². The molecule has 2 aromatic heterocycles. The molecule has 0 bridgehead atoms. The number of nitrogens with zero attached hydrogens (tertiary/aromatic N) is 2. The van der Waals surface area contributed by atoms with Crippen molar-refractivity contribution >= 4 is 17.0 Å². The fourth-order valence-electron chi connectivity index (χ4n) is 2.91. The third kappa shape index (κ3) is 2.66. The van der Waals surface area contributed by atoms with E-state index in [2.05, 4.69) is 9.97 Å². The van der Waals surface area contributed by atoms with E-state index in [4.69, 9.17) is 10.5 Å². The third-order valence-corrected chi connectivity index (χ3v) is 4.06. The first kappa shape index (κ1) is 17.3. The first-order valence-electron chi connectivity index (χ1n) is 7.42. The SMILES string of the molecule is C[C@H](O)[C@H]1O[C@@H](n2ccc3c(=O)[nH]c(N)nc32)C(F)(C#CCF)[C@H]1O. The molecule has 0 radical (unpaired) electrons. The number of alkyl halides is 2. The smallest absolute Gasteiger partial charge is 0.261 e. The Labute approximate surface area is 140 Å². The van der Waals surface area contributed by atoms with E-state index in [1.54, 1.807) is 0 Å². The maximum Gasteiger partial charge on any atom is 0.261 e. The quantitative estimate of drug-likeness (QED) is 0.545. The maximum atomic E-state index is 15.5. The second-order valence-corrected chi connectivity index (χ2v) is 5.75. The number of aromatic amines is 1. The molecule has 25 heavy (non-hydrogen) atoms. The number of anilines is 1. The number of H-pyrrole nitrogens is 1. The van der Waals surface area contributed by atoms with Gasteiger partial charge in [0, 0.05) is 6.20 Å². The Morgan fingerprint density at radius 1 is 1.64 bits per heavy atom. The summed E-state index contributed by atoms with van der Waals surface area (Å²) >= 11 is 0. The Kier molecular flexibility index (Phi) is 4.24. The Hall–Kier alpha value is -2.48. The van der Waals surface area contributed by atoms with E-state index in [1.807, 2.05) is 11.8 Å². The van der Waals surface area contributed by atoms with Crippen molar-refractivity contribution in [1.82, 2.24) is 14.5 Å². The molecule has 0 spiro atoms. The number of hydrogen-bond acceptors (Lipinski definition) is 6. The molecule has 5 atom stereocenters. The van der Waals surface area contributed by atoms with Gasteiger partial charge >= 0.3 is 0 Å². The van der Waals surface area contributed by atoms with Crippen LogP contribution >= 0.6 is 0 Å². The van der Waals surface area contributed by atoms with Gasteiger partial charge in [-0.15, -0.1) is 0 Å². The zero-order valence-corrected chi connectivity index (χ0v) is 13.1. The molecule has 0 saturated carbocycles. The average molecular weight is 354 g/mol. The Balaban J connectivity index is 2.18. The number of hydrogen-bond donors (Lipinski definition) is 4. The van der Waals surface area contributed by atoms with Crippen LogP contribution in [-0.2, 0) is 4.74 Å². The topological polar surface area (TPSA) is 126 Å². The van der Waals surface area contributed by atoms with E-state index in [0.717, 1.165) is 4.57 Å². The van der Waals surface area contributed by atoms with Crippen molar-refractivity contribution in [2.75, 3.05) is 12.4 Å². The minimum absolute atomic E-state index is 0.00812. The number of nitrogens with one attached hydrogen (secondary N) is 1. The third-order valence-electron chi connectivity index (χ3n) is 4.06. The van der Waals surface area contributed by atoms with Crippen molar-refractivity contribution in [2.45, 2.75) is 37.1 Å². The van der Waals surface area contributed by atoms with Gasteiger partial charge in [-0.2, -0.15) is 4.98 Å². The molecule has 8 nitrogen and oxygen atoms in total. The molecule has 1 fully saturated rings. The zero-order valence-electron chi connectivity index (χ0n) is 13.1. The van der Waals surface area contributed by atoms with Crippen LogP contribution in [0.3, 0.4) is 0 Å². The molecule has 5 N–H and O–H groups in total. The highest BCUT2D eigenvalue weighted by atomic mass is 19.1. The predicted molar refractivity (Wildman–Crippen MR) is 84.0 cm³/mol. The lowest BCUT2D eigenvalue weighted by molar-refractivity contribution is -0.0775. The van der Waals surface area contributed by atoms with Crippen LogP contribution < -0.4 is 11.3 Å². The zero-order chi connectivity index (χ0) is 18.4. The number of fused-ring (bicyclic) bond motifs is 1. The monoisotopic (exact) mass is 354 g/mol. The Morgan fingerprint density at radius 3 is 3.00 bits per heavy atom. The van der Waals surface area contributed by atoms with Crippen molar-refractivity contribution in [2.24, 2.45) is 0 Å². The summed E-state index contributed by atoms with van der Waals surface area (Å²) < 4.78 is 34.5. The first-order valence-corrected chi connectivity index (χ1v) is 7.42. The number of nitrogen functional groups attached to an aromatic ring is 1. The lowest BCUT2D eigenvalue weighted by Crippen LogP contribution is -2.44. The lowest BCUT2D eigenvalue weighted by Gasteiger charge is -2.24. The molecule has 0 aliphatic carbocycles. The fourth-order valence-corrected chi connectivity index (χ4v) is 2.91. The minimum Gasteiger partial charge on any atom is -0.391 e. The van der Waals surface area contributed by atoms with Gasteiger partial charge in [-0.3, -0.25) is 9.78 Å². The number of aliphatic hydroxyl groups excluding tert-OH is 2. The minimum atomic E-state index is -2.72. The average Bonchev–Trinajstić information content (AvgIpc) is 3.06. The highest BCUT2D eigenvalue weighted by Crippen LogP contribution is 2.43. The van der Waals surface area contributed by atoms with Crippen LogP contribution in [0.15, 0.2) is 17.1 Å². The molecule has 2 aromatic rings. The number of aliphatic hydroxyl groups is 2. The van der Waals surface area contributed by atoms with E-state index in [9.17, 15) is 19.4 Å². The fraction of sp³-hybridized carbons (Fsp3) is 0.467. The summed E-state index contributed by atoms with van der Waals surface area (Å²) in [6, 6.07) is 1.37. The molecular weight excluding hydrogens is 338 g/mol. The molecule has 0 aromatic carbocycles. The van der Waals surface area contributed by atoms with Gasteiger partial charge in [-0.25, -0.2) is 8.78 Å². The van der Waals surface area contributed by atoms with E-state index < -0.39 is 42.4 Å². The Bertz CT molecular complexity index is 916. The summed E-state index contributed by atoms with van der Waals surface area (Å²) in [7, 11) is 0. The second-order valence-electron chi connectivity index (χ2n) is 5.75. The second kappa shape index (κ2) is 6.11. The van der Waals surface area contributed by atoms with Gasteiger partial charge in [0.05, 0.1) is 11.5 Å². The molecule has 1 aliphatic heterocycles. The molecule has 10 heteroatoms. The van der Waals surface area contributed by atoms with Gasteiger partial charge < -0.3 is 25.3 Å². The summed E-state index contributed by atoms with van der Waals surface area (Å²) in [5.41, 5.74) is 2.27. The molecule has 1 aliphatic rings. The van der Waals surface area contributed by atoms with E-state index in [-0.39, 0.29) is 17.0 Å². The van der Waals surface area contributed by atoms with Crippen LogP contribution in [-0.4, -0.2) is 55.4 Å². The molecule has 3 heterocycles. The van der Waals surface area contributed by atoms with E-state index in [1.165, 1.54) is 19.2 Å². The first-order chi connectivity index (χ1) is 11.8. The number of ether oxygens (including phenoxy) is 1. The highest BCUT2D eigenvalue weighted by Gasteiger charge is 2.59. The summed E-state index contributed by atoms with van der Waals surface area (Å²) in [6.07, 6.45) is -4.61. The van der Waals surface area contributed by atoms with Crippen molar-refractivity contribution in [3.63, 3.8) is 0 Å². The maximum absolute atomic E-state index is 15.5. The molecule has 1 unspecified atom stereocenters. The number of rotatable bonds is 2. The van der Waals surface area contributed by atoms with Gasteiger partial charge in [0.2, 0.25) is 11.6 Å². The number of aromatic nitrogens is 3. The van der Waals surface area contributed by atoms with Crippen molar-refractivity contribution in [3.8, 4) is 11.8 Å². The van der Waals surface area contributed by atoms with Gasteiger partial charge in [-0.05, 0) is 13.0 Å². The summed E-state index contributed by atoms with van der Waals surface area (Å²) in [5.74, 6) is 3.78. The van der Waals surface area contributed by atoms with Crippen LogP contribution in [0.1, 0.15) is 13.2 Å². The number of halogens is 2. The van der Waals surface area contributed by atoms with Crippen LogP contribution in [0.25, 0.3) is 11.0 Å². The molecule has 3 rings (SSSR count). The number of nitrogens with two attached hydrogens (primary N) is 1. The largest absolute Gasteiger partial charge is 0.391 e. The van der Waals surface area contributed by atoms with Gasteiger partial charge in [0.15, 0.2) is 11.9 Å². The highest BCUT2D eigenvalue weighted by molar-refractivity contribution is 5.76. The molecule has 1 saturated heterocycles.